The molecule has 0 saturated carbocycles. The Morgan fingerprint density at radius 2 is 1.35 bits per heavy atom. The molecule has 1 heteroatoms. The highest BCUT2D eigenvalue weighted by Gasteiger charge is 2.06. The van der Waals surface area contributed by atoms with Crippen LogP contribution in [0.25, 0.3) is 0 Å². The number of rotatable bonds is 2. The van der Waals surface area contributed by atoms with Gasteiger partial charge in [0.2, 0.25) is 0 Å². The van der Waals surface area contributed by atoms with Gasteiger partial charge in [-0.15, -0.1) is 12.8 Å². The van der Waals surface area contributed by atoms with Gasteiger partial charge < -0.3 is 0 Å². The van der Waals surface area contributed by atoms with Crippen LogP contribution in [0, 0.1) is 24.7 Å². The highest BCUT2D eigenvalue weighted by atomic mass is 28.2. The SMILES string of the molecule is C#Cc1cccc(C#C)c1[SiH2]c1ccccc1. The van der Waals surface area contributed by atoms with Crippen LogP contribution >= 0.6 is 0 Å². The maximum absolute atomic E-state index is 5.53. The van der Waals surface area contributed by atoms with E-state index in [0.717, 1.165) is 11.1 Å². The molecule has 2 aromatic carbocycles. The Morgan fingerprint density at radius 3 is 1.88 bits per heavy atom. The zero-order chi connectivity index (χ0) is 12.1. The zero-order valence-corrected chi connectivity index (χ0v) is 10.9. The second-order valence-corrected chi connectivity index (χ2v) is 5.66. The monoisotopic (exact) mass is 232 g/mol. The zero-order valence-electron chi connectivity index (χ0n) is 9.48. The summed E-state index contributed by atoms with van der Waals surface area (Å²) in [6.07, 6.45) is 11.1. The average molecular weight is 232 g/mol. The summed E-state index contributed by atoms with van der Waals surface area (Å²) in [7, 11) is -0.599. The van der Waals surface area contributed by atoms with Crippen LogP contribution in [-0.4, -0.2) is 9.52 Å². The molecule has 0 atom stereocenters. The minimum atomic E-state index is -0.599. The Balaban J connectivity index is 2.46. The van der Waals surface area contributed by atoms with Crippen molar-refractivity contribution in [2.75, 3.05) is 0 Å². The van der Waals surface area contributed by atoms with E-state index in [9.17, 15) is 0 Å². The first-order valence-electron chi connectivity index (χ1n) is 5.44. The van der Waals surface area contributed by atoms with Crippen LogP contribution in [0.1, 0.15) is 11.1 Å². The van der Waals surface area contributed by atoms with Crippen LogP contribution in [0.2, 0.25) is 0 Å². The van der Waals surface area contributed by atoms with Gasteiger partial charge in [-0.1, -0.05) is 53.4 Å². The first kappa shape index (κ1) is 11.3. The summed E-state index contributed by atoms with van der Waals surface area (Å²) in [5.41, 5.74) is 1.88. The van der Waals surface area contributed by atoms with Gasteiger partial charge in [0.25, 0.3) is 0 Å². The molecule has 0 aliphatic heterocycles. The van der Waals surface area contributed by atoms with Gasteiger partial charge in [0, 0.05) is 11.1 Å². The van der Waals surface area contributed by atoms with Crippen LogP contribution in [0.3, 0.4) is 0 Å². The van der Waals surface area contributed by atoms with E-state index in [1.165, 1.54) is 10.4 Å². The molecule has 0 aromatic heterocycles. The molecule has 0 fully saturated rings. The van der Waals surface area contributed by atoms with Crippen molar-refractivity contribution >= 4 is 19.9 Å². The normalized spacial score (nSPS) is 10.0. The highest BCUT2D eigenvalue weighted by molar-refractivity contribution is 6.68. The van der Waals surface area contributed by atoms with Gasteiger partial charge in [-0.05, 0) is 17.3 Å². The van der Waals surface area contributed by atoms with E-state index in [1.807, 2.05) is 24.3 Å². The van der Waals surface area contributed by atoms with Gasteiger partial charge in [0.15, 0.2) is 0 Å². The second-order valence-electron chi connectivity index (χ2n) is 3.78. The minimum absolute atomic E-state index is 0.599. The van der Waals surface area contributed by atoms with E-state index in [4.69, 9.17) is 12.8 Å². The van der Waals surface area contributed by atoms with E-state index in [-0.39, 0.29) is 0 Å². The molecule has 0 aliphatic rings. The van der Waals surface area contributed by atoms with Gasteiger partial charge in [-0.25, -0.2) is 0 Å². The summed E-state index contributed by atoms with van der Waals surface area (Å²) in [5, 5.41) is 2.55. The topological polar surface area (TPSA) is 0 Å². The van der Waals surface area contributed by atoms with Crippen molar-refractivity contribution in [2.45, 2.75) is 0 Å². The van der Waals surface area contributed by atoms with Crippen molar-refractivity contribution in [3.05, 3.63) is 59.7 Å². The lowest BCUT2D eigenvalue weighted by Gasteiger charge is -2.07. The fraction of sp³-hybridized carbons (Fsp3) is 0. The molecule has 0 nitrogen and oxygen atoms in total. The highest BCUT2D eigenvalue weighted by Crippen LogP contribution is 1.99. The first-order chi connectivity index (χ1) is 8.35. The summed E-state index contributed by atoms with van der Waals surface area (Å²) < 4.78 is 0. The molecule has 0 aliphatic carbocycles. The van der Waals surface area contributed by atoms with Gasteiger partial charge in [0.1, 0.15) is 0 Å². The molecule has 80 valence electrons. The fourth-order valence-corrected chi connectivity index (χ4v) is 3.58. The molecule has 0 heterocycles. The Labute approximate surface area is 105 Å². The number of hydrogen-bond acceptors (Lipinski definition) is 0. The Kier molecular flexibility index (Phi) is 3.45. The smallest absolute Gasteiger partial charge is 0.0907 e. The summed E-state index contributed by atoms with van der Waals surface area (Å²) in [6, 6.07) is 16.3. The largest absolute Gasteiger partial charge is 0.115 e. The van der Waals surface area contributed by atoms with Crippen molar-refractivity contribution in [3.63, 3.8) is 0 Å². The molecule has 0 radical (unpaired) electrons. The van der Waals surface area contributed by atoms with Crippen molar-refractivity contribution in [1.82, 2.24) is 0 Å². The summed E-state index contributed by atoms with van der Waals surface area (Å²) in [4.78, 5) is 0. The number of terminal acetylenes is 2. The molecule has 0 bridgehead atoms. The van der Waals surface area contributed by atoms with E-state index in [0.29, 0.717) is 0 Å². The molecule has 0 saturated heterocycles. The molecule has 0 N–H and O–H groups in total. The van der Waals surface area contributed by atoms with Crippen molar-refractivity contribution < 1.29 is 0 Å². The van der Waals surface area contributed by atoms with Gasteiger partial charge >= 0.3 is 0 Å². The van der Waals surface area contributed by atoms with Crippen LogP contribution in [0.15, 0.2) is 48.5 Å². The van der Waals surface area contributed by atoms with E-state index >= 15 is 0 Å². The van der Waals surface area contributed by atoms with E-state index < -0.39 is 9.52 Å². The van der Waals surface area contributed by atoms with Gasteiger partial charge in [-0.3, -0.25) is 0 Å². The maximum atomic E-state index is 5.53. The Bertz CT molecular complexity index is 565. The van der Waals surface area contributed by atoms with Gasteiger partial charge in [0.05, 0.1) is 9.52 Å². The standard InChI is InChI=1S/C16H12Si/c1-3-13-9-8-10-14(4-2)16(13)17-15-11-6-5-7-12-15/h1-2,5-12H,17H2. The van der Waals surface area contributed by atoms with Crippen LogP contribution in [0.5, 0.6) is 0 Å². The third kappa shape index (κ3) is 2.48. The summed E-state index contributed by atoms with van der Waals surface area (Å²) in [5.74, 6) is 5.46. The predicted octanol–water partition coefficient (Wildman–Crippen LogP) is 0.769. The van der Waals surface area contributed by atoms with Gasteiger partial charge in [-0.2, -0.15) is 0 Å². The second kappa shape index (κ2) is 5.21. The third-order valence-corrected chi connectivity index (χ3v) is 4.71. The molecule has 2 rings (SSSR count). The van der Waals surface area contributed by atoms with Crippen molar-refractivity contribution in [3.8, 4) is 24.7 Å². The lowest BCUT2D eigenvalue weighted by Crippen LogP contribution is -2.31. The lowest BCUT2D eigenvalue weighted by molar-refractivity contribution is 1.65. The Hall–Kier alpha value is -2.22. The molecule has 0 unspecified atom stereocenters. The predicted molar refractivity (Wildman–Crippen MR) is 76.6 cm³/mol. The minimum Gasteiger partial charge on any atom is -0.115 e. The average Bonchev–Trinajstić information content (AvgIpc) is 2.40. The van der Waals surface area contributed by atoms with Crippen molar-refractivity contribution in [2.24, 2.45) is 0 Å². The molecular formula is C16H12Si. The quantitative estimate of drug-likeness (QED) is 0.530. The van der Waals surface area contributed by atoms with E-state index in [2.05, 4.69) is 36.1 Å². The summed E-state index contributed by atoms with van der Waals surface area (Å²) in [6.45, 7) is 0. The summed E-state index contributed by atoms with van der Waals surface area (Å²) >= 11 is 0. The van der Waals surface area contributed by atoms with Crippen LogP contribution in [0.4, 0.5) is 0 Å². The molecular weight excluding hydrogens is 220 g/mol. The maximum Gasteiger partial charge on any atom is 0.0907 e. The Morgan fingerprint density at radius 1 is 0.765 bits per heavy atom. The van der Waals surface area contributed by atoms with Crippen LogP contribution < -0.4 is 10.4 Å². The van der Waals surface area contributed by atoms with E-state index in [1.54, 1.807) is 0 Å². The molecule has 2 aromatic rings. The molecule has 17 heavy (non-hydrogen) atoms. The van der Waals surface area contributed by atoms with Crippen molar-refractivity contribution in [1.29, 1.82) is 0 Å². The molecule has 0 amide bonds. The third-order valence-electron chi connectivity index (χ3n) is 2.71. The fourth-order valence-electron chi connectivity index (χ4n) is 1.85. The lowest BCUT2D eigenvalue weighted by atomic mass is 10.1. The number of hydrogen-bond donors (Lipinski definition) is 0. The molecule has 0 spiro atoms. The number of benzene rings is 2. The first-order valence-corrected chi connectivity index (χ1v) is 6.85. The van der Waals surface area contributed by atoms with Crippen LogP contribution in [-0.2, 0) is 0 Å².